The second-order valence-corrected chi connectivity index (χ2v) is 8.70. The number of cyclic esters (lactones) is 1. The molecule has 0 radical (unpaired) electrons. The van der Waals surface area contributed by atoms with Crippen LogP contribution in [0.25, 0.3) is 6.08 Å². The number of hydrogen-bond acceptors (Lipinski definition) is 5. The van der Waals surface area contributed by atoms with Crippen LogP contribution in [-0.4, -0.2) is 24.6 Å². The molecule has 2 aromatic rings. The number of rotatable bonds is 7. The van der Waals surface area contributed by atoms with Gasteiger partial charge in [-0.15, -0.1) is 0 Å². The SMILES string of the molecule is CCOc1cc(/C=C2\N=C(c3ccc(C(C)C)cc3)OC2=O)cc(I)c1OC(C)C. The minimum absolute atomic E-state index is 0.0287. The minimum atomic E-state index is -0.464. The van der Waals surface area contributed by atoms with E-state index < -0.39 is 5.97 Å². The van der Waals surface area contributed by atoms with Gasteiger partial charge in [0.05, 0.1) is 16.3 Å². The highest BCUT2D eigenvalue weighted by Gasteiger charge is 2.24. The number of carbonyl (C=O) groups is 1. The van der Waals surface area contributed by atoms with Crippen molar-refractivity contribution in [1.29, 1.82) is 0 Å². The monoisotopic (exact) mass is 519 g/mol. The molecular weight excluding hydrogens is 493 g/mol. The standard InChI is InChI=1S/C24H26INO4/c1-6-28-21-13-16(11-19(25)22(21)29-15(4)5)12-20-24(27)30-23(26-20)18-9-7-17(8-10-18)14(2)3/h7-15H,6H2,1-5H3/b20-12-. The highest BCUT2D eigenvalue weighted by molar-refractivity contribution is 14.1. The zero-order chi connectivity index (χ0) is 21.8. The van der Waals surface area contributed by atoms with Crippen LogP contribution in [0, 0.1) is 3.57 Å². The van der Waals surface area contributed by atoms with Gasteiger partial charge in [0, 0.05) is 5.56 Å². The summed E-state index contributed by atoms with van der Waals surface area (Å²) < 4.78 is 18.0. The average molecular weight is 519 g/mol. The average Bonchev–Trinajstić information content (AvgIpc) is 3.05. The Kier molecular flexibility index (Phi) is 7.18. The fourth-order valence-electron chi connectivity index (χ4n) is 2.99. The summed E-state index contributed by atoms with van der Waals surface area (Å²) in [4.78, 5) is 16.8. The molecule has 1 aliphatic heterocycles. The Labute approximate surface area is 191 Å². The maximum absolute atomic E-state index is 12.4. The lowest BCUT2D eigenvalue weighted by molar-refractivity contribution is -0.129. The Hall–Kier alpha value is -2.35. The molecule has 1 aliphatic rings. The highest BCUT2D eigenvalue weighted by atomic mass is 127. The van der Waals surface area contributed by atoms with Crippen LogP contribution in [0.1, 0.15) is 57.2 Å². The van der Waals surface area contributed by atoms with E-state index in [4.69, 9.17) is 14.2 Å². The predicted molar refractivity (Wildman–Crippen MR) is 127 cm³/mol. The molecule has 0 aromatic heterocycles. The van der Waals surface area contributed by atoms with E-state index >= 15 is 0 Å². The van der Waals surface area contributed by atoms with Crippen LogP contribution in [-0.2, 0) is 9.53 Å². The first kappa shape index (κ1) is 22.3. The Morgan fingerprint density at radius 2 is 1.83 bits per heavy atom. The molecule has 0 atom stereocenters. The molecule has 0 amide bonds. The largest absolute Gasteiger partial charge is 0.490 e. The van der Waals surface area contributed by atoms with E-state index in [0.717, 1.165) is 14.7 Å². The molecule has 5 nitrogen and oxygen atoms in total. The van der Waals surface area contributed by atoms with Gasteiger partial charge in [-0.1, -0.05) is 26.0 Å². The molecule has 2 aromatic carbocycles. The fourth-order valence-corrected chi connectivity index (χ4v) is 3.74. The minimum Gasteiger partial charge on any atom is -0.490 e. The molecule has 30 heavy (non-hydrogen) atoms. The van der Waals surface area contributed by atoms with Crippen molar-refractivity contribution < 1.29 is 19.0 Å². The summed E-state index contributed by atoms with van der Waals surface area (Å²) in [5, 5.41) is 0. The highest BCUT2D eigenvalue weighted by Crippen LogP contribution is 2.36. The number of ether oxygens (including phenoxy) is 3. The first-order chi connectivity index (χ1) is 14.3. The number of aliphatic imine (C=N–C) groups is 1. The third-order valence-corrected chi connectivity index (χ3v) is 5.23. The molecule has 6 heteroatoms. The quantitative estimate of drug-likeness (QED) is 0.258. The third kappa shape index (κ3) is 5.22. The van der Waals surface area contributed by atoms with E-state index in [1.807, 2.05) is 57.2 Å². The summed E-state index contributed by atoms with van der Waals surface area (Å²) in [5.41, 5.74) is 3.06. The van der Waals surface area contributed by atoms with E-state index in [1.54, 1.807) is 6.08 Å². The van der Waals surface area contributed by atoms with E-state index in [-0.39, 0.29) is 11.8 Å². The molecule has 3 rings (SSSR count). The number of hydrogen-bond donors (Lipinski definition) is 0. The van der Waals surface area contributed by atoms with Gasteiger partial charge in [0.15, 0.2) is 17.2 Å². The second kappa shape index (κ2) is 9.64. The van der Waals surface area contributed by atoms with Gasteiger partial charge in [0.1, 0.15) is 0 Å². The molecule has 0 saturated heterocycles. The smallest absolute Gasteiger partial charge is 0.363 e. The van der Waals surface area contributed by atoms with Crippen molar-refractivity contribution in [2.45, 2.75) is 46.6 Å². The van der Waals surface area contributed by atoms with E-state index in [1.165, 1.54) is 5.56 Å². The molecule has 0 aliphatic carbocycles. The number of benzene rings is 2. The molecule has 0 bridgehead atoms. The molecule has 0 spiro atoms. The first-order valence-electron chi connectivity index (χ1n) is 10.0. The topological polar surface area (TPSA) is 57.1 Å². The Morgan fingerprint density at radius 3 is 2.43 bits per heavy atom. The molecule has 0 unspecified atom stereocenters. The summed E-state index contributed by atoms with van der Waals surface area (Å²) in [6, 6.07) is 11.7. The summed E-state index contributed by atoms with van der Waals surface area (Å²) in [6.45, 7) is 10.7. The zero-order valence-electron chi connectivity index (χ0n) is 17.9. The lowest BCUT2D eigenvalue weighted by Crippen LogP contribution is -2.09. The predicted octanol–water partition coefficient (Wildman–Crippen LogP) is 5.95. The molecule has 0 saturated carbocycles. The number of halogens is 1. The van der Waals surface area contributed by atoms with Crippen LogP contribution in [0.4, 0.5) is 0 Å². The van der Waals surface area contributed by atoms with Crippen molar-refractivity contribution in [1.82, 2.24) is 0 Å². The van der Waals surface area contributed by atoms with Gasteiger partial charge in [-0.05, 0) is 90.7 Å². The van der Waals surface area contributed by atoms with Gasteiger partial charge in [0.25, 0.3) is 0 Å². The lowest BCUT2D eigenvalue weighted by atomic mass is 10.0. The van der Waals surface area contributed by atoms with Crippen LogP contribution in [0.15, 0.2) is 47.1 Å². The summed E-state index contributed by atoms with van der Waals surface area (Å²) >= 11 is 2.21. The fraction of sp³-hybridized carbons (Fsp3) is 0.333. The van der Waals surface area contributed by atoms with Crippen molar-refractivity contribution in [3.05, 3.63) is 62.4 Å². The normalized spacial score (nSPS) is 15.0. The Bertz CT molecular complexity index is 991. The van der Waals surface area contributed by atoms with E-state index in [9.17, 15) is 4.79 Å². The van der Waals surface area contributed by atoms with Gasteiger partial charge in [-0.3, -0.25) is 0 Å². The van der Waals surface area contributed by atoms with Crippen molar-refractivity contribution in [2.24, 2.45) is 4.99 Å². The van der Waals surface area contributed by atoms with Crippen molar-refractivity contribution in [3.8, 4) is 11.5 Å². The molecule has 0 N–H and O–H groups in total. The van der Waals surface area contributed by atoms with Crippen LogP contribution in [0.2, 0.25) is 0 Å². The summed E-state index contributed by atoms with van der Waals surface area (Å²) in [7, 11) is 0. The van der Waals surface area contributed by atoms with Crippen molar-refractivity contribution >= 4 is 40.5 Å². The van der Waals surface area contributed by atoms with Gasteiger partial charge in [-0.2, -0.15) is 0 Å². The van der Waals surface area contributed by atoms with Crippen LogP contribution in [0.5, 0.6) is 11.5 Å². The van der Waals surface area contributed by atoms with E-state index in [2.05, 4.69) is 41.4 Å². The number of esters is 1. The molecule has 1 heterocycles. The molecule has 158 valence electrons. The van der Waals surface area contributed by atoms with Gasteiger partial charge in [0.2, 0.25) is 5.90 Å². The zero-order valence-corrected chi connectivity index (χ0v) is 20.0. The molecular formula is C24H26INO4. The summed E-state index contributed by atoms with van der Waals surface area (Å²) in [6.07, 6.45) is 1.74. The van der Waals surface area contributed by atoms with Crippen LogP contribution < -0.4 is 9.47 Å². The van der Waals surface area contributed by atoms with Gasteiger partial charge in [-0.25, -0.2) is 9.79 Å². The number of nitrogens with zero attached hydrogens (tertiary/aromatic N) is 1. The Morgan fingerprint density at radius 1 is 1.13 bits per heavy atom. The van der Waals surface area contributed by atoms with Gasteiger partial charge < -0.3 is 14.2 Å². The van der Waals surface area contributed by atoms with Crippen LogP contribution in [0.3, 0.4) is 0 Å². The van der Waals surface area contributed by atoms with Gasteiger partial charge >= 0.3 is 5.97 Å². The summed E-state index contributed by atoms with van der Waals surface area (Å²) in [5.74, 6) is 1.64. The lowest BCUT2D eigenvalue weighted by Gasteiger charge is -2.16. The molecule has 0 fully saturated rings. The van der Waals surface area contributed by atoms with E-state index in [0.29, 0.717) is 29.9 Å². The van der Waals surface area contributed by atoms with Crippen molar-refractivity contribution in [2.75, 3.05) is 6.61 Å². The first-order valence-corrected chi connectivity index (χ1v) is 11.1. The maximum atomic E-state index is 12.4. The number of carbonyl (C=O) groups excluding carboxylic acids is 1. The second-order valence-electron chi connectivity index (χ2n) is 7.54. The maximum Gasteiger partial charge on any atom is 0.363 e. The van der Waals surface area contributed by atoms with Crippen molar-refractivity contribution in [3.63, 3.8) is 0 Å². The third-order valence-electron chi connectivity index (χ3n) is 4.43. The Balaban J connectivity index is 1.92. The van der Waals surface area contributed by atoms with Crippen LogP contribution >= 0.6 is 22.6 Å².